The first-order valence-electron chi connectivity index (χ1n) is 7.45. The molecule has 2 bridgehead atoms. The van der Waals surface area contributed by atoms with E-state index in [0.717, 1.165) is 12.3 Å². The minimum Gasteiger partial charge on any atom is -0.347 e. The lowest BCUT2D eigenvalue weighted by molar-refractivity contribution is 0.0821. The number of hydrogen-bond donors (Lipinski definition) is 1. The summed E-state index contributed by atoms with van der Waals surface area (Å²) in [6.45, 7) is 8.84. The van der Waals surface area contributed by atoms with Gasteiger partial charge in [0.25, 0.3) is 5.91 Å². The molecule has 1 aromatic rings. The van der Waals surface area contributed by atoms with Gasteiger partial charge in [-0.15, -0.1) is 0 Å². The van der Waals surface area contributed by atoms with Gasteiger partial charge in [-0.05, 0) is 49.0 Å². The quantitative estimate of drug-likeness (QED) is 0.901. The third-order valence-electron chi connectivity index (χ3n) is 6.11. The smallest absolute Gasteiger partial charge is 0.270 e. The average molecular weight is 273 g/mol. The molecule has 0 aliphatic heterocycles. The van der Waals surface area contributed by atoms with Crippen LogP contribution in [-0.2, 0) is 0 Å². The van der Waals surface area contributed by atoms with E-state index in [1.807, 2.05) is 0 Å². The van der Waals surface area contributed by atoms with Gasteiger partial charge in [-0.2, -0.15) is 0 Å². The van der Waals surface area contributed by atoms with Crippen molar-refractivity contribution >= 4 is 5.91 Å². The van der Waals surface area contributed by atoms with Gasteiger partial charge < -0.3 is 5.32 Å². The molecule has 1 heterocycles. The molecule has 2 fully saturated rings. The van der Waals surface area contributed by atoms with E-state index in [1.54, 1.807) is 19.2 Å². The monoisotopic (exact) mass is 273 g/mol. The van der Waals surface area contributed by atoms with Gasteiger partial charge >= 0.3 is 0 Å². The molecule has 4 heteroatoms. The molecule has 1 aromatic heterocycles. The van der Waals surface area contributed by atoms with Crippen LogP contribution in [0.25, 0.3) is 0 Å². The summed E-state index contributed by atoms with van der Waals surface area (Å²) in [5.41, 5.74) is 0.990. The van der Waals surface area contributed by atoms with Crippen LogP contribution < -0.4 is 5.32 Å². The summed E-state index contributed by atoms with van der Waals surface area (Å²) in [4.78, 5) is 20.6. The number of amides is 1. The molecular weight excluding hydrogens is 250 g/mol. The summed E-state index contributed by atoms with van der Waals surface area (Å²) < 4.78 is 0. The predicted octanol–water partition coefficient (Wildman–Crippen LogP) is 2.73. The summed E-state index contributed by atoms with van der Waals surface area (Å²) in [6.07, 6.45) is 5.24. The fourth-order valence-corrected chi connectivity index (χ4v) is 4.24. The number of rotatable bonds is 2. The Bertz CT molecular complexity index is 554. The second-order valence-corrected chi connectivity index (χ2v) is 7.13. The van der Waals surface area contributed by atoms with Crippen LogP contribution in [0.3, 0.4) is 0 Å². The van der Waals surface area contributed by atoms with Gasteiger partial charge in [-0.1, -0.05) is 20.8 Å². The average Bonchev–Trinajstić information content (AvgIpc) is 2.72. The molecule has 3 atom stereocenters. The lowest BCUT2D eigenvalue weighted by atomic mass is 9.69. The van der Waals surface area contributed by atoms with Crippen molar-refractivity contribution in [1.82, 2.24) is 15.3 Å². The molecule has 0 saturated heterocycles. The van der Waals surface area contributed by atoms with Gasteiger partial charge in [0.15, 0.2) is 0 Å². The van der Waals surface area contributed by atoms with Crippen LogP contribution in [0.1, 0.15) is 56.3 Å². The number of nitrogens with one attached hydrogen (secondary N) is 1. The summed E-state index contributed by atoms with van der Waals surface area (Å²) >= 11 is 0. The topological polar surface area (TPSA) is 54.9 Å². The van der Waals surface area contributed by atoms with Gasteiger partial charge in [-0.3, -0.25) is 4.79 Å². The minimum absolute atomic E-state index is 0.0647. The molecule has 2 saturated carbocycles. The number of hydrogen-bond acceptors (Lipinski definition) is 3. The zero-order chi connectivity index (χ0) is 14.5. The van der Waals surface area contributed by atoms with E-state index >= 15 is 0 Å². The van der Waals surface area contributed by atoms with Crippen LogP contribution in [0.15, 0.2) is 12.3 Å². The molecule has 0 unspecified atom stereocenters. The maximum absolute atomic E-state index is 12.4. The Kier molecular flexibility index (Phi) is 2.89. The molecule has 20 heavy (non-hydrogen) atoms. The Labute approximate surface area is 120 Å². The van der Waals surface area contributed by atoms with Crippen molar-refractivity contribution in [3.8, 4) is 0 Å². The highest BCUT2D eigenvalue weighted by Gasteiger charge is 2.61. The van der Waals surface area contributed by atoms with Crippen molar-refractivity contribution in [2.75, 3.05) is 0 Å². The second-order valence-electron chi connectivity index (χ2n) is 7.13. The second kappa shape index (κ2) is 4.27. The van der Waals surface area contributed by atoms with Crippen molar-refractivity contribution in [1.29, 1.82) is 0 Å². The van der Waals surface area contributed by atoms with Gasteiger partial charge in [0.2, 0.25) is 0 Å². The molecule has 2 aliphatic rings. The van der Waals surface area contributed by atoms with Crippen molar-refractivity contribution in [2.45, 2.75) is 53.0 Å². The Morgan fingerprint density at radius 3 is 2.70 bits per heavy atom. The van der Waals surface area contributed by atoms with Crippen LogP contribution in [0.2, 0.25) is 0 Å². The van der Waals surface area contributed by atoms with Gasteiger partial charge in [0.05, 0.1) is 0 Å². The molecule has 0 radical (unpaired) electrons. The highest BCUT2D eigenvalue weighted by atomic mass is 16.2. The van der Waals surface area contributed by atoms with Crippen LogP contribution in [-0.4, -0.2) is 21.9 Å². The Hall–Kier alpha value is -1.45. The highest BCUT2D eigenvalue weighted by molar-refractivity contribution is 5.92. The lowest BCUT2D eigenvalue weighted by Crippen LogP contribution is -2.47. The maximum Gasteiger partial charge on any atom is 0.270 e. The summed E-state index contributed by atoms with van der Waals surface area (Å²) in [5.74, 6) is 1.30. The first-order chi connectivity index (χ1) is 9.34. The zero-order valence-electron chi connectivity index (χ0n) is 12.7. The molecule has 2 aliphatic carbocycles. The molecule has 4 nitrogen and oxygen atoms in total. The molecule has 108 valence electrons. The molecular formula is C16H23N3O. The summed E-state index contributed by atoms with van der Waals surface area (Å²) in [6, 6.07) is 1.95. The first-order valence-corrected chi connectivity index (χ1v) is 7.45. The summed E-state index contributed by atoms with van der Waals surface area (Å²) in [7, 11) is 0. The third-order valence-corrected chi connectivity index (χ3v) is 6.11. The third kappa shape index (κ3) is 1.77. The lowest BCUT2D eigenvalue weighted by Gasteiger charge is -2.39. The fourth-order valence-electron chi connectivity index (χ4n) is 4.24. The standard InChI is InChI=1S/C16H23N3O/c1-10-17-8-6-12(18-10)14(20)19-13-9-11-5-7-16(13,4)15(11,2)3/h6,8,11,13H,5,7,9H2,1-4H3,(H,19,20)/t11-,13-,16-/m1/s1. The van der Waals surface area contributed by atoms with Gasteiger partial charge in [0, 0.05) is 12.2 Å². The van der Waals surface area contributed by atoms with Gasteiger partial charge in [-0.25, -0.2) is 9.97 Å². The Balaban J connectivity index is 1.78. The van der Waals surface area contributed by atoms with Gasteiger partial charge in [0.1, 0.15) is 11.5 Å². The molecule has 3 rings (SSSR count). The van der Waals surface area contributed by atoms with E-state index in [-0.39, 0.29) is 17.4 Å². The van der Waals surface area contributed by atoms with Crippen molar-refractivity contribution < 1.29 is 4.79 Å². The normalized spacial score (nSPS) is 34.2. The number of aryl methyl sites for hydroxylation is 1. The zero-order valence-corrected chi connectivity index (χ0v) is 12.7. The van der Waals surface area contributed by atoms with Crippen molar-refractivity contribution in [2.24, 2.45) is 16.7 Å². The maximum atomic E-state index is 12.4. The predicted molar refractivity (Wildman–Crippen MR) is 77.3 cm³/mol. The minimum atomic E-state index is -0.0647. The van der Waals surface area contributed by atoms with Crippen LogP contribution in [0, 0.1) is 23.7 Å². The number of aromatic nitrogens is 2. The number of fused-ring (bicyclic) bond motifs is 2. The Morgan fingerprint density at radius 1 is 1.40 bits per heavy atom. The van der Waals surface area contributed by atoms with Crippen molar-refractivity contribution in [3.63, 3.8) is 0 Å². The van der Waals surface area contributed by atoms with E-state index in [0.29, 0.717) is 16.9 Å². The molecule has 1 amide bonds. The molecule has 0 aromatic carbocycles. The largest absolute Gasteiger partial charge is 0.347 e. The molecule has 1 N–H and O–H groups in total. The summed E-state index contributed by atoms with van der Waals surface area (Å²) in [5, 5.41) is 3.22. The van der Waals surface area contributed by atoms with E-state index in [2.05, 4.69) is 36.1 Å². The fraction of sp³-hybridized carbons (Fsp3) is 0.688. The SMILES string of the molecule is Cc1nccc(C(=O)N[C@@H]2C[C@H]3CC[C@@]2(C)C3(C)C)n1. The molecule has 0 spiro atoms. The van der Waals surface area contributed by atoms with Crippen LogP contribution >= 0.6 is 0 Å². The number of nitrogens with zero attached hydrogens (tertiary/aromatic N) is 2. The van der Waals surface area contributed by atoms with Crippen LogP contribution in [0.5, 0.6) is 0 Å². The van der Waals surface area contributed by atoms with Crippen LogP contribution in [0.4, 0.5) is 0 Å². The first kappa shape index (κ1) is 13.5. The van der Waals surface area contributed by atoms with E-state index in [1.165, 1.54) is 12.8 Å². The number of carbonyl (C=O) groups is 1. The Morgan fingerprint density at radius 2 is 2.15 bits per heavy atom. The highest BCUT2D eigenvalue weighted by Crippen LogP contribution is 2.65. The van der Waals surface area contributed by atoms with E-state index in [4.69, 9.17) is 0 Å². The van der Waals surface area contributed by atoms with E-state index in [9.17, 15) is 4.79 Å². The van der Waals surface area contributed by atoms with Crippen molar-refractivity contribution in [3.05, 3.63) is 23.8 Å². The van der Waals surface area contributed by atoms with E-state index < -0.39 is 0 Å². The number of carbonyl (C=O) groups excluding carboxylic acids is 1.